The van der Waals surface area contributed by atoms with Crippen LogP contribution < -0.4 is 20.3 Å². The Labute approximate surface area is 198 Å². The number of methoxy groups -OCH3 is 1. The number of carbonyl (C=O) groups excluding carboxylic acids is 1. The number of nitrogens with one attached hydrogen (secondary N) is 1. The lowest BCUT2D eigenvalue weighted by Gasteiger charge is -2.19. The molecular formula is C24H24F3N3O5. The molecule has 1 amide bonds. The Hall–Kier alpha value is -3.73. The van der Waals surface area contributed by atoms with Gasteiger partial charge in [-0.15, -0.1) is 13.2 Å². The third-order valence-electron chi connectivity index (χ3n) is 5.70. The number of pyridine rings is 1. The van der Waals surface area contributed by atoms with Crippen molar-refractivity contribution >= 4 is 5.91 Å². The number of halogens is 3. The van der Waals surface area contributed by atoms with Gasteiger partial charge in [0.05, 0.1) is 19.9 Å². The van der Waals surface area contributed by atoms with Gasteiger partial charge in [0.2, 0.25) is 0 Å². The summed E-state index contributed by atoms with van der Waals surface area (Å²) in [5.74, 6) is 0.130. The van der Waals surface area contributed by atoms with Crippen molar-refractivity contribution in [3.8, 4) is 11.5 Å². The molecule has 1 aromatic carbocycles. The fourth-order valence-corrected chi connectivity index (χ4v) is 4.08. The Kier molecular flexibility index (Phi) is 7.15. The molecule has 4 rings (SSSR count). The fraction of sp³-hybridized carbons (Fsp3) is 0.333. The van der Waals surface area contributed by atoms with Gasteiger partial charge in [0, 0.05) is 44.4 Å². The minimum atomic E-state index is -4.74. The van der Waals surface area contributed by atoms with Gasteiger partial charge >= 0.3 is 6.36 Å². The number of aromatic nitrogens is 1. The Morgan fingerprint density at radius 2 is 1.91 bits per heavy atom. The molecule has 1 aliphatic heterocycles. The predicted octanol–water partition coefficient (Wildman–Crippen LogP) is 3.34. The van der Waals surface area contributed by atoms with Crippen molar-refractivity contribution in [2.24, 2.45) is 0 Å². The molecular weight excluding hydrogens is 467 g/mol. The lowest BCUT2D eigenvalue weighted by Crippen LogP contribution is -2.31. The van der Waals surface area contributed by atoms with Gasteiger partial charge in [-0.25, -0.2) is 0 Å². The van der Waals surface area contributed by atoms with Gasteiger partial charge in [-0.2, -0.15) is 0 Å². The molecule has 1 N–H and O–H groups in total. The van der Waals surface area contributed by atoms with Crippen molar-refractivity contribution in [1.29, 1.82) is 0 Å². The molecule has 3 heterocycles. The van der Waals surface area contributed by atoms with Gasteiger partial charge in [-0.1, -0.05) is 12.1 Å². The van der Waals surface area contributed by atoms with Crippen LogP contribution in [0.15, 0.2) is 57.9 Å². The second-order valence-corrected chi connectivity index (χ2v) is 8.00. The maximum absolute atomic E-state index is 13.1. The first kappa shape index (κ1) is 24.4. The number of nitrogens with zero attached hydrogens (tertiary/aromatic N) is 2. The Morgan fingerprint density at radius 1 is 1.14 bits per heavy atom. The van der Waals surface area contributed by atoms with Crippen molar-refractivity contribution < 1.29 is 31.9 Å². The zero-order chi connectivity index (χ0) is 25.0. The SMILES string of the molecule is COc1cc(=O)n2c(c1C(=O)NCc1ccco1)CCN(Cc1ccc(OC(F)(F)F)cc1)CC2. The van der Waals surface area contributed by atoms with Crippen molar-refractivity contribution in [3.63, 3.8) is 0 Å². The highest BCUT2D eigenvalue weighted by Gasteiger charge is 2.31. The average molecular weight is 491 g/mol. The van der Waals surface area contributed by atoms with E-state index in [1.165, 1.54) is 31.6 Å². The molecule has 1 aliphatic rings. The number of hydrogen-bond donors (Lipinski definition) is 1. The van der Waals surface area contributed by atoms with Crippen LogP contribution in [0.4, 0.5) is 13.2 Å². The Bertz CT molecular complexity index is 1220. The summed E-state index contributed by atoms with van der Waals surface area (Å²) in [5.41, 5.74) is 1.40. The molecule has 35 heavy (non-hydrogen) atoms. The van der Waals surface area contributed by atoms with Crippen LogP contribution in [0.3, 0.4) is 0 Å². The highest BCUT2D eigenvalue weighted by atomic mass is 19.4. The van der Waals surface area contributed by atoms with Crippen LogP contribution >= 0.6 is 0 Å². The Morgan fingerprint density at radius 3 is 2.57 bits per heavy atom. The molecule has 0 aliphatic carbocycles. The van der Waals surface area contributed by atoms with E-state index in [4.69, 9.17) is 9.15 Å². The van der Waals surface area contributed by atoms with Crippen molar-refractivity contribution in [3.05, 3.63) is 81.7 Å². The maximum Gasteiger partial charge on any atom is 0.573 e. The minimum Gasteiger partial charge on any atom is -0.496 e. The van der Waals surface area contributed by atoms with Gasteiger partial charge in [0.25, 0.3) is 11.5 Å². The standard InChI is InChI=1S/C24H24F3N3O5/c1-33-20-13-21(31)30-11-10-29(15-16-4-6-17(7-5-16)35-24(25,26)27)9-8-19(30)22(20)23(32)28-14-18-3-2-12-34-18/h2-7,12-13H,8-11,14-15H2,1H3,(H,28,32). The normalized spacial score (nSPS) is 14.2. The van der Waals surface area contributed by atoms with Gasteiger partial charge in [0.1, 0.15) is 22.8 Å². The topological polar surface area (TPSA) is 85.9 Å². The maximum atomic E-state index is 13.1. The highest BCUT2D eigenvalue weighted by molar-refractivity contribution is 5.98. The number of carbonyl (C=O) groups is 1. The van der Waals surface area contributed by atoms with E-state index in [1.54, 1.807) is 28.8 Å². The van der Waals surface area contributed by atoms with Crippen molar-refractivity contribution in [2.45, 2.75) is 32.4 Å². The van der Waals surface area contributed by atoms with Gasteiger partial charge in [-0.05, 0) is 29.8 Å². The molecule has 0 spiro atoms. The molecule has 0 radical (unpaired) electrons. The lowest BCUT2D eigenvalue weighted by atomic mass is 10.1. The third kappa shape index (κ3) is 6.04. The summed E-state index contributed by atoms with van der Waals surface area (Å²) in [5, 5.41) is 2.80. The number of fused-ring (bicyclic) bond motifs is 1. The van der Waals surface area contributed by atoms with Crippen LogP contribution in [0.2, 0.25) is 0 Å². The predicted molar refractivity (Wildman–Crippen MR) is 119 cm³/mol. The summed E-state index contributed by atoms with van der Waals surface area (Å²) in [7, 11) is 1.41. The molecule has 0 unspecified atom stereocenters. The van der Waals surface area contributed by atoms with E-state index in [0.29, 0.717) is 49.6 Å². The lowest BCUT2D eigenvalue weighted by molar-refractivity contribution is -0.274. The molecule has 11 heteroatoms. The largest absolute Gasteiger partial charge is 0.573 e. The molecule has 3 aromatic rings. The highest BCUT2D eigenvalue weighted by Crippen LogP contribution is 2.25. The molecule has 8 nitrogen and oxygen atoms in total. The van der Waals surface area contributed by atoms with Crippen LogP contribution in [-0.2, 0) is 26.1 Å². The summed E-state index contributed by atoms with van der Waals surface area (Å²) in [6.07, 6.45) is -2.82. The molecule has 0 saturated carbocycles. The van der Waals surface area contributed by atoms with E-state index in [-0.39, 0.29) is 29.5 Å². The Balaban J connectivity index is 1.50. The summed E-state index contributed by atoms with van der Waals surface area (Å²) < 4.78 is 53.3. The fourth-order valence-electron chi connectivity index (χ4n) is 4.08. The van der Waals surface area contributed by atoms with E-state index in [2.05, 4.69) is 15.0 Å². The number of rotatable bonds is 7. The van der Waals surface area contributed by atoms with E-state index in [9.17, 15) is 22.8 Å². The smallest absolute Gasteiger partial charge is 0.496 e. The van der Waals surface area contributed by atoms with Gasteiger partial charge in [0.15, 0.2) is 0 Å². The number of amides is 1. The van der Waals surface area contributed by atoms with Gasteiger partial charge in [-0.3, -0.25) is 14.5 Å². The number of ether oxygens (including phenoxy) is 2. The second kappa shape index (κ2) is 10.3. The third-order valence-corrected chi connectivity index (χ3v) is 5.70. The molecule has 0 bridgehead atoms. The monoisotopic (exact) mass is 491 g/mol. The minimum absolute atomic E-state index is 0.188. The second-order valence-electron chi connectivity index (χ2n) is 8.00. The molecule has 0 saturated heterocycles. The first-order valence-electron chi connectivity index (χ1n) is 10.9. The van der Waals surface area contributed by atoms with Crippen LogP contribution in [0, 0.1) is 0 Å². The molecule has 0 fully saturated rings. The summed E-state index contributed by atoms with van der Waals surface area (Å²) >= 11 is 0. The van der Waals surface area contributed by atoms with Crippen molar-refractivity contribution in [1.82, 2.24) is 14.8 Å². The van der Waals surface area contributed by atoms with E-state index in [1.807, 2.05) is 0 Å². The summed E-state index contributed by atoms with van der Waals surface area (Å²) in [4.78, 5) is 27.9. The average Bonchev–Trinajstić information content (AvgIpc) is 3.25. The number of alkyl halides is 3. The van der Waals surface area contributed by atoms with E-state index >= 15 is 0 Å². The van der Waals surface area contributed by atoms with Crippen LogP contribution in [0.1, 0.15) is 27.4 Å². The van der Waals surface area contributed by atoms with E-state index in [0.717, 1.165) is 5.56 Å². The number of hydrogen-bond acceptors (Lipinski definition) is 6. The number of furan rings is 1. The summed E-state index contributed by atoms with van der Waals surface area (Å²) in [6.45, 7) is 2.06. The number of benzene rings is 1. The van der Waals surface area contributed by atoms with Gasteiger partial charge < -0.3 is 23.8 Å². The van der Waals surface area contributed by atoms with Crippen LogP contribution in [0.25, 0.3) is 0 Å². The molecule has 186 valence electrons. The molecule has 0 atom stereocenters. The van der Waals surface area contributed by atoms with Crippen LogP contribution in [0.5, 0.6) is 11.5 Å². The molecule has 2 aromatic heterocycles. The first-order valence-corrected chi connectivity index (χ1v) is 10.9. The first-order chi connectivity index (χ1) is 16.7. The zero-order valence-electron chi connectivity index (χ0n) is 18.9. The zero-order valence-corrected chi connectivity index (χ0v) is 18.9. The van der Waals surface area contributed by atoms with Crippen LogP contribution in [-0.4, -0.2) is 41.9 Å². The summed E-state index contributed by atoms with van der Waals surface area (Å²) in [6, 6.07) is 10.5. The quantitative estimate of drug-likeness (QED) is 0.546. The van der Waals surface area contributed by atoms with E-state index < -0.39 is 6.36 Å². The van der Waals surface area contributed by atoms with Crippen molar-refractivity contribution in [2.75, 3.05) is 20.2 Å².